The highest BCUT2D eigenvalue weighted by atomic mass is 16.3. The summed E-state index contributed by atoms with van der Waals surface area (Å²) in [6, 6.07) is 45.2. The monoisotopic (exact) mass is 535 g/mol. The lowest BCUT2D eigenvalue weighted by molar-refractivity contribution is 0.484. The zero-order valence-electron chi connectivity index (χ0n) is 22.8. The molecule has 0 heterocycles. The summed E-state index contributed by atoms with van der Waals surface area (Å²) in [5.74, 6) is 0.278. The van der Waals surface area contributed by atoms with Crippen LogP contribution >= 0.6 is 0 Å². The highest BCUT2D eigenvalue weighted by Crippen LogP contribution is 2.38. The molecule has 0 saturated heterocycles. The van der Waals surface area contributed by atoms with Gasteiger partial charge >= 0.3 is 0 Å². The van der Waals surface area contributed by atoms with E-state index in [4.69, 9.17) is 5.73 Å². The van der Waals surface area contributed by atoms with Crippen LogP contribution in [0.4, 0.5) is 5.69 Å². The van der Waals surface area contributed by atoms with Crippen LogP contribution in [0.2, 0.25) is 0 Å². The molecule has 0 radical (unpaired) electrons. The van der Waals surface area contributed by atoms with Gasteiger partial charge in [0.15, 0.2) is 0 Å². The summed E-state index contributed by atoms with van der Waals surface area (Å²) in [4.78, 5) is 0. The Morgan fingerprint density at radius 3 is 2.10 bits per heavy atom. The molecule has 1 unspecified atom stereocenters. The van der Waals surface area contributed by atoms with E-state index in [0.717, 1.165) is 55.2 Å². The average molecular weight is 536 g/mol. The van der Waals surface area contributed by atoms with Gasteiger partial charge in [0, 0.05) is 24.2 Å². The van der Waals surface area contributed by atoms with E-state index in [0.29, 0.717) is 13.1 Å². The fraction of sp³-hybridized carbons (Fsp3) is 0.0811. The van der Waals surface area contributed by atoms with Crippen molar-refractivity contribution in [2.45, 2.75) is 19.1 Å². The number of hydrogen-bond acceptors (Lipinski definition) is 4. The Morgan fingerprint density at radius 2 is 1.34 bits per heavy atom. The molecule has 6 aromatic rings. The molecule has 0 aromatic heterocycles. The van der Waals surface area contributed by atoms with Gasteiger partial charge in [0.1, 0.15) is 5.75 Å². The third kappa shape index (κ3) is 5.93. The predicted octanol–water partition coefficient (Wildman–Crippen LogP) is 8.14. The molecule has 6 rings (SSSR count). The highest BCUT2D eigenvalue weighted by molar-refractivity contribution is 6.12. The van der Waals surface area contributed by atoms with Gasteiger partial charge in [-0.25, -0.2) is 0 Å². The van der Waals surface area contributed by atoms with E-state index in [9.17, 15) is 5.11 Å². The lowest BCUT2D eigenvalue weighted by Gasteiger charge is -2.18. The van der Waals surface area contributed by atoms with Crippen molar-refractivity contribution in [1.29, 1.82) is 0 Å². The quantitative estimate of drug-likeness (QED) is 0.111. The number of benzene rings is 6. The van der Waals surface area contributed by atoms with Crippen LogP contribution in [0.1, 0.15) is 28.3 Å². The van der Waals surface area contributed by atoms with Crippen LogP contribution in [0.15, 0.2) is 140 Å². The number of phenols is 1. The van der Waals surface area contributed by atoms with Crippen LogP contribution in [-0.2, 0) is 13.1 Å². The summed E-state index contributed by atoms with van der Waals surface area (Å²) < 4.78 is 0. The Hall–Kier alpha value is -5.06. The fourth-order valence-corrected chi connectivity index (χ4v) is 5.30. The van der Waals surface area contributed by atoms with Crippen LogP contribution in [0, 0.1) is 0 Å². The predicted molar refractivity (Wildman–Crippen MR) is 172 cm³/mol. The van der Waals surface area contributed by atoms with E-state index in [2.05, 4.69) is 77.4 Å². The molecule has 0 bridgehead atoms. The molecule has 0 amide bonds. The van der Waals surface area contributed by atoms with Crippen molar-refractivity contribution in [2.24, 2.45) is 5.73 Å². The highest BCUT2D eigenvalue weighted by Gasteiger charge is 2.13. The largest absolute Gasteiger partial charge is 0.505 e. The second-order valence-corrected chi connectivity index (χ2v) is 10.3. The van der Waals surface area contributed by atoms with Gasteiger partial charge in [-0.3, -0.25) is 0 Å². The molecule has 4 nitrogen and oxygen atoms in total. The average Bonchev–Trinajstić information content (AvgIpc) is 3.03. The van der Waals surface area contributed by atoms with E-state index >= 15 is 0 Å². The van der Waals surface area contributed by atoms with E-state index in [-0.39, 0.29) is 11.8 Å². The first-order chi connectivity index (χ1) is 20.2. The maximum atomic E-state index is 11.3. The standard InChI is InChI=1S/C37H33N3O/c38-33(28-12-6-2-7-13-28)23-35(29-14-8-3-9-15-29)40-25-27-16-20-32-31(22-27)18-17-30-19-21-34(37(41)36(30)32)39-24-26-10-4-1-5-11-26/h1-23,35,39-41H,24-25,38H2/b33-23-. The molecule has 0 aliphatic carbocycles. The van der Waals surface area contributed by atoms with Crippen LogP contribution in [0.25, 0.3) is 27.2 Å². The number of aromatic hydroxyl groups is 1. The van der Waals surface area contributed by atoms with E-state index < -0.39 is 0 Å². The lowest BCUT2D eigenvalue weighted by Crippen LogP contribution is -2.20. The molecule has 0 fully saturated rings. The summed E-state index contributed by atoms with van der Waals surface area (Å²) >= 11 is 0. The van der Waals surface area contributed by atoms with Crippen molar-refractivity contribution < 1.29 is 5.11 Å². The molecular formula is C37H33N3O. The first kappa shape index (κ1) is 26.2. The summed E-state index contributed by atoms with van der Waals surface area (Å²) in [5.41, 5.74) is 12.4. The topological polar surface area (TPSA) is 70.3 Å². The SMILES string of the molecule is N/C(=C\C(NCc1ccc2c(ccc3ccc(NCc4ccccc4)c(O)c32)c1)c1ccccc1)c1ccccc1. The number of nitrogens with two attached hydrogens (primary N) is 1. The molecule has 6 aromatic carbocycles. The molecular weight excluding hydrogens is 502 g/mol. The van der Waals surface area contributed by atoms with E-state index in [1.165, 1.54) is 0 Å². The smallest absolute Gasteiger partial charge is 0.147 e. The van der Waals surface area contributed by atoms with Gasteiger partial charge in [0.2, 0.25) is 0 Å². The van der Waals surface area contributed by atoms with Gasteiger partial charge in [-0.1, -0.05) is 121 Å². The minimum Gasteiger partial charge on any atom is -0.505 e. The number of hydrogen-bond donors (Lipinski definition) is 4. The van der Waals surface area contributed by atoms with Crippen LogP contribution in [-0.4, -0.2) is 5.11 Å². The van der Waals surface area contributed by atoms with Crippen molar-refractivity contribution in [3.63, 3.8) is 0 Å². The van der Waals surface area contributed by atoms with E-state index in [1.807, 2.05) is 72.8 Å². The Balaban J connectivity index is 1.26. The third-order valence-corrected chi connectivity index (χ3v) is 7.50. The van der Waals surface area contributed by atoms with Gasteiger partial charge in [-0.05, 0) is 56.6 Å². The lowest BCUT2D eigenvalue weighted by atomic mass is 9.98. The maximum absolute atomic E-state index is 11.3. The summed E-state index contributed by atoms with van der Waals surface area (Å²) in [6.07, 6.45) is 2.08. The van der Waals surface area contributed by atoms with Gasteiger partial charge in [0.25, 0.3) is 0 Å². The Labute approximate surface area is 240 Å². The molecule has 41 heavy (non-hydrogen) atoms. The number of nitrogens with one attached hydrogen (secondary N) is 2. The number of anilines is 1. The number of fused-ring (bicyclic) bond motifs is 3. The first-order valence-corrected chi connectivity index (χ1v) is 13.9. The molecule has 4 heteroatoms. The summed E-state index contributed by atoms with van der Waals surface area (Å²) in [6.45, 7) is 1.31. The van der Waals surface area contributed by atoms with Crippen LogP contribution in [0.3, 0.4) is 0 Å². The molecule has 0 saturated carbocycles. The second kappa shape index (κ2) is 12.0. The van der Waals surface area contributed by atoms with Crippen molar-refractivity contribution in [3.8, 4) is 5.75 Å². The van der Waals surface area contributed by atoms with Gasteiger partial charge in [-0.2, -0.15) is 0 Å². The molecule has 0 aliphatic heterocycles. The molecule has 0 aliphatic rings. The Morgan fingerprint density at radius 1 is 0.683 bits per heavy atom. The Kier molecular flexibility index (Phi) is 7.65. The van der Waals surface area contributed by atoms with E-state index in [1.54, 1.807) is 0 Å². The normalized spacial score (nSPS) is 12.4. The molecule has 5 N–H and O–H groups in total. The van der Waals surface area contributed by atoms with Crippen molar-refractivity contribution in [2.75, 3.05) is 5.32 Å². The third-order valence-electron chi connectivity index (χ3n) is 7.50. The molecule has 0 spiro atoms. The summed E-state index contributed by atoms with van der Waals surface area (Å²) in [5, 5.41) is 22.4. The van der Waals surface area contributed by atoms with Crippen molar-refractivity contribution in [1.82, 2.24) is 5.32 Å². The van der Waals surface area contributed by atoms with Crippen LogP contribution < -0.4 is 16.4 Å². The van der Waals surface area contributed by atoms with Gasteiger partial charge < -0.3 is 21.5 Å². The fourth-order valence-electron chi connectivity index (χ4n) is 5.30. The molecule has 1 atom stereocenters. The first-order valence-electron chi connectivity index (χ1n) is 13.9. The molecule has 202 valence electrons. The van der Waals surface area contributed by atoms with Crippen molar-refractivity contribution in [3.05, 3.63) is 162 Å². The number of rotatable bonds is 9. The minimum atomic E-state index is -0.0500. The maximum Gasteiger partial charge on any atom is 0.147 e. The Bertz CT molecular complexity index is 1800. The zero-order chi connectivity index (χ0) is 28.0. The van der Waals surface area contributed by atoms with Crippen molar-refractivity contribution >= 4 is 32.9 Å². The summed E-state index contributed by atoms with van der Waals surface area (Å²) in [7, 11) is 0. The van der Waals surface area contributed by atoms with Gasteiger partial charge in [0.05, 0.1) is 11.7 Å². The number of phenolic OH excluding ortho intramolecular Hbond substituents is 1. The van der Waals surface area contributed by atoms with Crippen LogP contribution in [0.5, 0.6) is 5.75 Å². The minimum absolute atomic E-state index is 0.0500. The second-order valence-electron chi connectivity index (χ2n) is 10.3. The van der Waals surface area contributed by atoms with Gasteiger partial charge in [-0.15, -0.1) is 0 Å². The zero-order valence-corrected chi connectivity index (χ0v) is 22.8.